The van der Waals surface area contributed by atoms with Crippen molar-refractivity contribution >= 4 is 51.8 Å². The Hall–Kier alpha value is -3.65. The number of hydrogen-bond donors (Lipinski definition) is 2. The van der Waals surface area contributed by atoms with E-state index in [2.05, 4.69) is 23.6 Å². The van der Waals surface area contributed by atoms with E-state index in [-0.39, 0.29) is 24.4 Å². The summed E-state index contributed by atoms with van der Waals surface area (Å²) in [7, 11) is 0. The van der Waals surface area contributed by atoms with Crippen molar-refractivity contribution in [3.8, 4) is 5.75 Å². The molecule has 1 aliphatic carbocycles. The van der Waals surface area contributed by atoms with Crippen molar-refractivity contribution < 1.29 is 14.3 Å². The lowest BCUT2D eigenvalue weighted by Crippen LogP contribution is -2.35. The Labute approximate surface area is 222 Å². The fourth-order valence-electron chi connectivity index (χ4n) is 5.27. The van der Waals surface area contributed by atoms with Crippen LogP contribution in [0.2, 0.25) is 0 Å². The van der Waals surface area contributed by atoms with Crippen LogP contribution in [0.3, 0.4) is 0 Å². The van der Waals surface area contributed by atoms with Crippen LogP contribution in [-0.2, 0) is 22.6 Å². The van der Waals surface area contributed by atoms with Crippen molar-refractivity contribution in [2.75, 3.05) is 11.5 Å². The van der Waals surface area contributed by atoms with Crippen LogP contribution in [0.5, 0.6) is 5.75 Å². The summed E-state index contributed by atoms with van der Waals surface area (Å²) in [5.41, 5.74) is 4.12. The highest BCUT2D eigenvalue weighted by Crippen LogP contribution is 2.30. The van der Waals surface area contributed by atoms with Crippen molar-refractivity contribution in [1.29, 1.82) is 0 Å². The highest BCUT2D eigenvalue weighted by molar-refractivity contribution is 7.80. The van der Waals surface area contributed by atoms with Gasteiger partial charge in [0, 0.05) is 23.2 Å². The van der Waals surface area contributed by atoms with Crippen LogP contribution in [0, 0.1) is 0 Å². The van der Waals surface area contributed by atoms with E-state index in [4.69, 9.17) is 17.0 Å². The number of benzene rings is 2. The van der Waals surface area contributed by atoms with Crippen LogP contribution < -0.4 is 20.3 Å². The molecule has 1 aliphatic heterocycles. The minimum atomic E-state index is -0.222. The van der Waals surface area contributed by atoms with Gasteiger partial charge in [0.2, 0.25) is 5.91 Å². The van der Waals surface area contributed by atoms with E-state index in [0.29, 0.717) is 23.1 Å². The number of hydrogen-bond acceptors (Lipinski definition) is 4. The highest BCUT2D eigenvalue weighted by atomic mass is 32.1. The van der Waals surface area contributed by atoms with Crippen LogP contribution in [0.25, 0.3) is 17.0 Å². The number of carbonyl (C=O) groups excluding carboxylic acids is 2. The molecule has 2 amide bonds. The fraction of sp³-hybridized carbons (Fsp3) is 0.345. The third-order valence-electron chi connectivity index (χ3n) is 7.01. The highest BCUT2D eigenvalue weighted by Gasteiger charge is 2.32. The third-order valence-corrected chi connectivity index (χ3v) is 7.30. The first-order chi connectivity index (χ1) is 18.0. The second-order valence-electron chi connectivity index (χ2n) is 9.48. The Morgan fingerprint density at radius 3 is 2.62 bits per heavy atom. The van der Waals surface area contributed by atoms with Crippen LogP contribution in [0.4, 0.5) is 5.69 Å². The summed E-state index contributed by atoms with van der Waals surface area (Å²) < 4.78 is 7.52. The quantitative estimate of drug-likeness (QED) is 0.328. The lowest BCUT2D eigenvalue weighted by molar-refractivity contribution is -0.122. The van der Waals surface area contributed by atoms with Gasteiger partial charge in [-0.3, -0.25) is 14.5 Å². The van der Waals surface area contributed by atoms with Crippen LogP contribution in [0.15, 0.2) is 54.4 Å². The van der Waals surface area contributed by atoms with Gasteiger partial charge >= 0.3 is 0 Å². The number of carbonyl (C=O) groups is 2. The number of thiocarbonyl (C=S) groups is 1. The van der Waals surface area contributed by atoms with E-state index in [1.54, 1.807) is 0 Å². The predicted molar refractivity (Wildman–Crippen MR) is 151 cm³/mol. The summed E-state index contributed by atoms with van der Waals surface area (Å²) in [4.78, 5) is 27.7. The summed E-state index contributed by atoms with van der Waals surface area (Å²) in [6.07, 6.45) is 9.08. The number of rotatable bonds is 8. The Balaban J connectivity index is 1.45. The maximum absolute atomic E-state index is 13.4. The molecule has 1 saturated heterocycles. The first kappa shape index (κ1) is 25.0. The van der Waals surface area contributed by atoms with Crippen molar-refractivity contribution in [1.82, 2.24) is 15.2 Å². The van der Waals surface area contributed by atoms with Gasteiger partial charge in [0.15, 0.2) is 5.11 Å². The van der Waals surface area contributed by atoms with Gasteiger partial charge in [-0.15, -0.1) is 0 Å². The van der Waals surface area contributed by atoms with Crippen molar-refractivity contribution in [3.63, 3.8) is 0 Å². The number of nitrogens with zero attached hydrogens (tertiary/aromatic N) is 2. The first-order valence-electron chi connectivity index (χ1n) is 13.0. The van der Waals surface area contributed by atoms with E-state index in [1.807, 2.05) is 60.2 Å². The summed E-state index contributed by atoms with van der Waals surface area (Å²) in [5.74, 6) is 0.538. The molecule has 37 heavy (non-hydrogen) atoms. The standard InChI is InChI=1S/C29H32N4O3S/c1-3-19-8-7-11-24-20(17-32(27(19)24)18-26(34)30-21-9-5-6-10-21)16-25-28(35)33(29(37)31-25)22-12-14-23(15-13-22)36-4-2/h7-8,11-17,21H,3-6,9-10,18H2,1-2H3,(H,30,34)(H,31,37)/b25-16-. The zero-order valence-electron chi connectivity index (χ0n) is 21.3. The number of fused-ring (bicyclic) bond motifs is 1. The SMILES string of the molecule is CCOc1ccc(N2C(=O)/C(=C/c3cn(CC(=O)NC4CCCC4)c4c(CC)cccc34)NC2=S)cc1. The molecule has 2 aliphatic rings. The topological polar surface area (TPSA) is 75.6 Å². The molecule has 5 rings (SSSR count). The average molecular weight is 517 g/mol. The largest absolute Gasteiger partial charge is 0.494 e. The van der Waals surface area contributed by atoms with Gasteiger partial charge in [0.25, 0.3) is 5.91 Å². The molecule has 7 nitrogen and oxygen atoms in total. The maximum atomic E-state index is 13.4. The second-order valence-corrected chi connectivity index (χ2v) is 9.87. The van der Waals surface area contributed by atoms with Gasteiger partial charge in [-0.05, 0) is 74.3 Å². The van der Waals surface area contributed by atoms with E-state index < -0.39 is 0 Å². The van der Waals surface area contributed by atoms with Gasteiger partial charge in [0.1, 0.15) is 18.0 Å². The normalized spacial score (nSPS) is 17.1. The first-order valence-corrected chi connectivity index (χ1v) is 13.4. The molecule has 1 aromatic heterocycles. The summed E-state index contributed by atoms with van der Waals surface area (Å²) in [6, 6.07) is 13.7. The minimum absolute atomic E-state index is 0.0202. The molecule has 2 fully saturated rings. The van der Waals surface area contributed by atoms with E-state index in [1.165, 1.54) is 17.7 Å². The lowest BCUT2D eigenvalue weighted by Gasteiger charge is -2.14. The lowest BCUT2D eigenvalue weighted by atomic mass is 10.1. The molecule has 2 heterocycles. The smallest absolute Gasteiger partial charge is 0.281 e. The van der Waals surface area contributed by atoms with Gasteiger partial charge in [0.05, 0.1) is 17.8 Å². The molecule has 0 atom stereocenters. The molecular weight excluding hydrogens is 484 g/mol. The molecule has 8 heteroatoms. The van der Waals surface area contributed by atoms with Crippen molar-refractivity contribution in [2.24, 2.45) is 0 Å². The predicted octanol–water partition coefficient (Wildman–Crippen LogP) is 4.92. The number of aryl methyl sites for hydroxylation is 1. The minimum Gasteiger partial charge on any atom is -0.494 e. The number of para-hydroxylation sites is 1. The van der Waals surface area contributed by atoms with Gasteiger partial charge < -0.3 is 19.9 Å². The summed E-state index contributed by atoms with van der Waals surface area (Å²) in [6.45, 7) is 4.85. The Morgan fingerprint density at radius 1 is 1.16 bits per heavy atom. The third kappa shape index (κ3) is 5.11. The molecule has 0 bridgehead atoms. The fourth-order valence-corrected chi connectivity index (χ4v) is 5.57. The van der Waals surface area contributed by atoms with Gasteiger partial charge in [-0.1, -0.05) is 38.0 Å². The van der Waals surface area contributed by atoms with Crippen LogP contribution >= 0.6 is 12.2 Å². The van der Waals surface area contributed by atoms with Gasteiger partial charge in [-0.2, -0.15) is 0 Å². The summed E-state index contributed by atoms with van der Waals surface area (Å²) >= 11 is 5.51. The van der Waals surface area contributed by atoms with Crippen LogP contribution in [0.1, 0.15) is 50.7 Å². The Bertz CT molecular complexity index is 1370. The zero-order chi connectivity index (χ0) is 25.9. The zero-order valence-corrected chi connectivity index (χ0v) is 22.1. The van der Waals surface area contributed by atoms with E-state index in [0.717, 1.165) is 47.0 Å². The number of ether oxygens (including phenoxy) is 1. The molecule has 1 saturated carbocycles. The molecule has 2 aromatic carbocycles. The van der Waals surface area contributed by atoms with Gasteiger partial charge in [-0.25, -0.2) is 0 Å². The Kier molecular flexibility index (Phi) is 7.28. The summed E-state index contributed by atoms with van der Waals surface area (Å²) in [5, 5.41) is 7.60. The molecule has 0 radical (unpaired) electrons. The number of anilines is 1. The number of nitrogens with one attached hydrogen (secondary N) is 2. The number of amides is 2. The van der Waals surface area contributed by atoms with Crippen molar-refractivity contribution in [3.05, 3.63) is 65.5 Å². The molecule has 0 spiro atoms. The number of aromatic nitrogens is 1. The maximum Gasteiger partial charge on any atom is 0.281 e. The molecule has 3 aromatic rings. The average Bonchev–Trinajstić information content (AvgIpc) is 3.59. The van der Waals surface area contributed by atoms with Crippen molar-refractivity contribution in [2.45, 2.75) is 58.5 Å². The molecule has 2 N–H and O–H groups in total. The molecule has 192 valence electrons. The van der Waals surface area contributed by atoms with E-state index in [9.17, 15) is 9.59 Å². The van der Waals surface area contributed by atoms with E-state index >= 15 is 0 Å². The second kappa shape index (κ2) is 10.8. The molecular formula is C29H32N4O3S. The Morgan fingerprint density at radius 2 is 1.92 bits per heavy atom. The van der Waals surface area contributed by atoms with Crippen LogP contribution in [-0.4, -0.2) is 34.1 Å². The molecule has 0 unspecified atom stereocenters. The monoisotopic (exact) mass is 516 g/mol.